The summed E-state index contributed by atoms with van der Waals surface area (Å²) in [5.74, 6) is 6.97. The molecule has 2 atom stereocenters. The molecule has 152 valence electrons. The smallest absolute Gasteiger partial charge is 0.224 e. The molecule has 0 bridgehead atoms. The molecule has 2 aliphatic rings. The van der Waals surface area contributed by atoms with Gasteiger partial charge in [-0.15, -0.1) is 0 Å². The monoisotopic (exact) mass is 390 g/mol. The maximum atomic E-state index is 13.1. The summed E-state index contributed by atoms with van der Waals surface area (Å²) >= 11 is 0. The molecule has 4 rings (SSSR count). The van der Waals surface area contributed by atoms with Gasteiger partial charge in [0.2, 0.25) is 5.91 Å². The second kappa shape index (κ2) is 8.97. The van der Waals surface area contributed by atoms with Gasteiger partial charge < -0.3 is 10.1 Å². The Hall–Kier alpha value is -2.38. The standard InChI is InChI=1S/C25H30N2O2/c1-29-22-10-7-9-21(17-22)24(28)27-25(13-5-2-6-14-25)15-12-19-16-20-8-3-4-11-23(20)26-18-19/h3-4,8,11,16,18,21-22H,2,5-7,9-10,13-14,17H2,1H3,(H,27,28)/t21-,22+/m1/s1. The maximum Gasteiger partial charge on any atom is 0.224 e. The third-order valence-corrected chi connectivity index (χ3v) is 6.44. The first kappa shape index (κ1) is 19.9. The van der Waals surface area contributed by atoms with Crippen LogP contribution < -0.4 is 5.32 Å². The quantitative estimate of drug-likeness (QED) is 0.779. The number of rotatable bonds is 3. The molecule has 2 fully saturated rings. The van der Waals surface area contributed by atoms with Crippen LogP contribution in [0.4, 0.5) is 0 Å². The van der Waals surface area contributed by atoms with Gasteiger partial charge in [-0.25, -0.2) is 0 Å². The molecule has 0 radical (unpaired) electrons. The summed E-state index contributed by atoms with van der Waals surface area (Å²) in [5, 5.41) is 4.46. The molecule has 2 aliphatic carbocycles. The summed E-state index contributed by atoms with van der Waals surface area (Å²) in [7, 11) is 1.75. The van der Waals surface area contributed by atoms with E-state index in [9.17, 15) is 4.79 Å². The third kappa shape index (κ3) is 4.79. The number of methoxy groups -OCH3 is 1. The van der Waals surface area contributed by atoms with Crippen LogP contribution in [-0.2, 0) is 9.53 Å². The fourth-order valence-electron chi connectivity index (χ4n) is 4.70. The minimum absolute atomic E-state index is 0.0386. The highest BCUT2D eigenvalue weighted by atomic mass is 16.5. The lowest BCUT2D eigenvalue weighted by Gasteiger charge is -2.36. The van der Waals surface area contributed by atoms with Crippen LogP contribution in [-0.4, -0.2) is 29.6 Å². The van der Waals surface area contributed by atoms with Crippen LogP contribution in [0, 0.1) is 17.8 Å². The molecule has 1 heterocycles. The molecule has 0 unspecified atom stereocenters. The van der Waals surface area contributed by atoms with Gasteiger partial charge in [-0.3, -0.25) is 9.78 Å². The summed E-state index contributed by atoms with van der Waals surface area (Å²) in [5.41, 5.74) is 1.46. The van der Waals surface area contributed by atoms with Crippen molar-refractivity contribution in [2.75, 3.05) is 7.11 Å². The molecule has 0 aliphatic heterocycles. The Bertz CT molecular complexity index is 921. The van der Waals surface area contributed by atoms with Crippen LogP contribution in [0.2, 0.25) is 0 Å². The number of nitrogens with zero attached hydrogens (tertiary/aromatic N) is 1. The van der Waals surface area contributed by atoms with Crippen molar-refractivity contribution in [2.24, 2.45) is 5.92 Å². The molecule has 1 aromatic heterocycles. The van der Waals surface area contributed by atoms with E-state index in [1.54, 1.807) is 7.11 Å². The number of aromatic nitrogens is 1. The highest BCUT2D eigenvalue weighted by Gasteiger charge is 2.35. The number of nitrogens with one attached hydrogen (secondary N) is 1. The topological polar surface area (TPSA) is 51.2 Å². The van der Waals surface area contributed by atoms with Crippen LogP contribution in [0.1, 0.15) is 63.4 Å². The van der Waals surface area contributed by atoms with Gasteiger partial charge in [0.05, 0.1) is 11.6 Å². The second-order valence-electron chi connectivity index (χ2n) is 8.52. The first-order chi connectivity index (χ1) is 14.2. The SMILES string of the molecule is CO[C@H]1CCC[C@@H](C(=O)NC2(C#Cc3cnc4ccccc4c3)CCCCC2)C1. The van der Waals surface area contributed by atoms with E-state index in [2.05, 4.69) is 34.3 Å². The number of pyridine rings is 1. The van der Waals surface area contributed by atoms with Gasteiger partial charge >= 0.3 is 0 Å². The van der Waals surface area contributed by atoms with E-state index in [1.165, 1.54) is 6.42 Å². The predicted molar refractivity (Wildman–Crippen MR) is 115 cm³/mol. The van der Waals surface area contributed by atoms with Crippen molar-refractivity contribution >= 4 is 16.8 Å². The van der Waals surface area contributed by atoms with Crippen LogP contribution in [0.3, 0.4) is 0 Å². The molecule has 4 nitrogen and oxygen atoms in total. The van der Waals surface area contributed by atoms with E-state index in [0.717, 1.165) is 67.8 Å². The van der Waals surface area contributed by atoms with Crippen LogP contribution >= 0.6 is 0 Å². The molecule has 4 heteroatoms. The molecule has 2 aromatic rings. The summed E-state index contributed by atoms with van der Waals surface area (Å²) in [4.78, 5) is 17.6. The number of carbonyl (C=O) groups is 1. The van der Waals surface area contributed by atoms with Gasteiger partial charge in [0, 0.05) is 30.2 Å². The Morgan fingerprint density at radius 2 is 2.00 bits per heavy atom. The van der Waals surface area contributed by atoms with E-state index in [-0.39, 0.29) is 17.9 Å². The Labute approximate surface area is 173 Å². The van der Waals surface area contributed by atoms with E-state index in [0.29, 0.717) is 0 Å². The molecule has 0 saturated heterocycles. The van der Waals surface area contributed by atoms with Crippen molar-refractivity contribution in [3.05, 3.63) is 42.1 Å². The van der Waals surface area contributed by atoms with E-state index in [4.69, 9.17) is 4.74 Å². The fraction of sp³-hybridized carbons (Fsp3) is 0.520. The number of carbonyl (C=O) groups excluding carboxylic acids is 1. The molecule has 0 spiro atoms. The number of hydrogen-bond acceptors (Lipinski definition) is 3. The average Bonchev–Trinajstić information content (AvgIpc) is 2.78. The van der Waals surface area contributed by atoms with Gasteiger partial charge in [-0.2, -0.15) is 0 Å². The maximum absolute atomic E-state index is 13.1. The van der Waals surface area contributed by atoms with Gasteiger partial charge in [-0.05, 0) is 44.2 Å². The summed E-state index contributed by atoms with van der Waals surface area (Å²) in [6.45, 7) is 0. The molecule has 2 saturated carbocycles. The van der Waals surface area contributed by atoms with Crippen molar-refractivity contribution in [2.45, 2.75) is 69.4 Å². The minimum Gasteiger partial charge on any atom is -0.381 e. The molecule has 1 aromatic carbocycles. The van der Waals surface area contributed by atoms with Gasteiger partial charge in [0.1, 0.15) is 5.54 Å². The lowest BCUT2D eigenvalue weighted by molar-refractivity contribution is -0.129. The molecule has 1 N–H and O–H groups in total. The van der Waals surface area contributed by atoms with Crippen molar-refractivity contribution in [1.29, 1.82) is 0 Å². The Kier molecular flexibility index (Phi) is 6.16. The van der Waals surface area contributed by atoms with E-state index < -0.39 is 5.54 Å². The molecule has 1 amide bonds. The van der Waals surface area contributed by atoms with Gasteiger partial charge in [0.25, 0.3) is 0 Å². The second-order valence-corrected chi connectivity index (χ2v) is 8.52. The number of ether oxygens (including phenoxy) is 1. The lowest BCUT2D eigenvalue weighted by Crippen LogP contribution is -2.51. The van der Waals surface area contributed by atoms with Crippen molar-refractivity contribution in [1.82, 2.24) is 10.3 Å². The number of amides is 1. The highest BCUT2D eigenvalue weighted by molar-refractivity contribution is 5.81. The van der Waals surface area contributed by atoms with Gasteiger partial charge in [0.15, 0.2) is 0 Å². The summed E-state index contributed by atoms with van der Waals surface area (Å²) in [6.07, 6.45) is 11.2. The molecular formula is C25H30N2O2. The number of hydrogen-bond donors (Lipinski definition) is 1. The van der Waals surface area contributed by atoms with Gasteiger partial charge in [-0.1, -0.05) is 55.7 Å². The first-order valence-corrected chi connectivity index (χ1v) is 10.9. The Morgan fingerprint density at radius 3 is 2.83 bits per heavy atom. The Balaban J connectivity index is 1.53. The number of benzene rings is 1. The third-order valence-electron chi connectivity index (χ3n) is 6.44. The molecule has 29 heavy (non-hydrogen) atoms. The van der Waals surface area contributed by atoms with Crippen LogP contribution in [0.5, 0.6) is 0 Å². The summed E-state index contributed by atoms with van der Waals surface area (Å²) in [6, 6.07) is 10.2. The van der Waals surface area contributed by atoms with Crippen molar-refractivity contribution in [3.8, 4) is 11.8 Å². The largest absolute Gasteiger partial charge is 0.381 e. The Morgan fingerprint density at radius 1 is 1.17 bits per heavy atom. The minimum atomic E-state index is -0.416. The first-order valence-electron chi connectivity index (χ1n) is 10.9. The predicted octanol–water partition coefficient (Wildman–Crippen LogP) is 4.61. The zero-order valence-corrected chi connectivity index (χ0v) is 17.2. The van der Waals surface area contributed by atoms with Crippen molar-refractivity contribution in [3.63, 3.8) is 0 Å². The van der Waals surface area contributed by atoms with Crippen LogP contribution in [0.15, 0.2) is 36.5 Å². The number of para-hydroxylation sites is 1. The average molecular weight is 391 g/mol. The summed E-state index contributed by atoms with van der Waals surface area (Å²) < 4.78 is 5.51. The van der Waals surface area contributed by atoms with Crippen molar-refractivity contribution < 1.29 is 9.53 Å². The normalized spacial score (nSPS) is 23.8. The lowest BCUT2D eigenvalue weighted by atomic mass is 9.80. The zero-order chi connectivity index (χ0) is 20.1. The highest BCUT2D eigenvalue weighted by Crippen LogP contribution is 2.31. The van der Waals surface area contributed by atoms with Crippen LogP contribution in [0.25, 0.3) is 10.9 Å². The van der Waals surface area contributed by atoms with E-state index >= 15 is 0 Å². The zero-order valence-electron chi connectivity index (χ0n) is 17.2. The molecular weight excluding hydrogens is 360 g/mol. The fourth-order valence-corrected chi connectivity index (χ4v) is 4.70. The number of fused-ring (bicyclic) bond motifs is 1. The van der Waals surface area contributed by atoms with E-state index in [1.807, 2.05) is 24.4 Å².